The van der Waals surface area contributed by atoms with Crippen LogP contribution < -0.4 is 9.64 Å². The topological polar surface area (TPSA) is 69.1 Å². The van der Waals surface area contributed by atoms with Gasteiger partial charge in [-0.05, 0) is 47.9 Å². The van der Waals surface area contributed by atoms with Crippen molar-refractivity contribution < 1.29 is 19.3 Å². The fraction of sp³-hybridized carbons (Fsp3) is 0.370. The molecule has 0 amide bonds. The smallest absolute Gasteiger partial charge is 0.123 e. The fourth-order valence-electron chi connectivity index (χ4n) is 4.36. The summed E-state index contributed by atoms with van der Waals surface area (Å²) in [6.45, 7) is 5.04. The van der Waals surface area contributed by atoms with Crippen LogP contribution in [0.4, 0.5) is 10.1 Å². The Bertz CT molecular complexity index is 1100. The zero-order valence-electron chi connectivity index (χ0n) is 19.8. The molecule has 1 aromatic heterocycles. The van der Waals surface area contributed by atoms with Crippen LogP contribution in [0.25, 0.3) is 0 Å². The number of aliphatic hydroxyl groups excluding tert-OH is 2. The Morgan fingerprint density at radius 2 is 1.94 bits per heavy atom. The van der Waals surface area contributed by atoms with E-state index < -0.39 is 6.10 Å². The molecule has 35 heavy (non-hydrogen) atoms. The van der Waals surface area contributed by atoms with Crippen molar-refractivity contribution in [3.8, 4) is 5.75 Å². The first-order valence-electron chi connectivity index (χ1n) is 11.9. The maximum Gasteiger partial charge on any atom is 0.123 e. The number of pyridine rings is 1. The van der Waals surface area contributed by atoms with Gasteiger partial charge in [-0.15, -0.1) is 0 Å². The number of nitrogens with zero attached hydrogens (tertiary/aromatic N) is 3. The van der Waals surface area contributed by atoms with Gasteiger partial charge in [-0.3, -0.25) is 9.88 Å². The van der Waals surface area contributed by atoms with Crippen molar-refractivity contribution in [2.45, 2.75) is 32.1 Å². The molecule has 2 atom stereocenters. The van der Waals surface area contributed by atoms with Crippen molar-refractivity contribution in [2.24, 2.45) is 0 Å². The van der Waals surface area contributed by atoms with E-state index in [1.54, 1.807) is 30.5 Å². The highest BCUT2D eigenvalue weighted by molar-refractivity contribution is 6.33. The van der Waals surface area contributed by atoms with Crippen molar-refractivity contribution in [3.05, 3.63) is 88.5 Å². The van der Waals surface area contributed by atoms with Gasteiger partial charge in [-0.25, -0.2) is 4.39 Å². The molecule has 1 fully saturated rings. The molecular weight excluding hydrogens is 469 g/mol. The molecule has 2 heterocycles. The highest BCUT2D eigenvalue weighted by Crippen LogP contribution is 2.37. The van der Waals surface area contributed by atoms with E-state index in [0.717, 1.165) is 23.4 Å². The molecular formula is C27H31ClFN3O3. The first-order chi connectivity index (χ1) is 17.0. The summed E-state index contributed by atoms with van der Waals surface area (Å²) in [4.78, 5) is 8.70. The van der Waals surface area contributed by atoms with Gasteiger partial charge in [0.1, 0.15) is 17.7 Å². The average Bonchev–Trinajstić information content (AvgIpc) is 2.88. The summed E-state index contributed by atoms with van der Waals surface area (Å²) < 4.78 is 19.4. The summed E-state index contributed by atoms with van der Waals surface area (Å²) in [5.74, 6) is 0.455. The Labute approximate surface area is 210 Å². The molecule has 2 N–H and O–H groups in total. The Morgan fingerprint density at radius 3 is 2.60 bits per heavy atom. The molecule has 0 aliphatic carbocycles. The number of aliphatic hydroxyl groups is 2. The minimum atomic E-state index is -0.762. The lowest BCUT2D eigenvalue weighted by molar-refractivity contribution is 0.0975. The summed E-state index contributed by atoms with van der Waals surface area (Å²) in [5, 5.41) is 20.6. The van der Waals surface area contributed by atoms with Crippen LogP contribution in [0, 0.1) is 5.82 Å². The van der Waals surface area contributed by atoms with Gasteiger partial charge in [-0.2, -0.15) is 0 Å². The predicted molar refractivity (Wildman–Crippen MR) is 135 cm³/mol. The van der Waals surface area contributed by atoms with E-state index >= 15 is 0 Å². The highest BCUT2D eigenvalue weighted by Gasteiger charge is 2.31. The molecule has 0 unspecified atom stereocenters. The van der Waals surface area contributed by atoms with Gasteiger partial charge >= 0.3 is 0 Å². The predicted octanol–water partition coefficient (Wildman–Crippen LogP) is 4.75. The summed E-state index contributed by atoms with van der Waals surface area (Å²) in [6.07, 6.45) is 1.73. The number of benzene rings is 2. The van der Waals surface area contributed by atoms with E-state index in [1.807, 2.05) is 18.2 Å². The van der Waals surface area contributed by atoms with Crippen molar-refractivity contribution in [1.29, 1.82) is 0 Å². The number of anilines is 1. The first-order valence-corrected chi connectivity index (χ1v) is 12.3. The van der Waals surface area contributed by atoms with E-state index in [-0.39, 0.29) is 18.5 Å². The number of β-amino-alcohol motifs (C(OH)–C–C–N with tert-alkyl or cyclic N) is 1. The van der Waals surface area contributed by atoms with E-state index in [4.69, 9.17) is 16.3 Å². The zero-order chi connectivity index (χ0) is 24.8. The molecule has 0 saturated carbocycles. The van der Waals surface area contributed by atoms with Crippen LogP contribution >= 0.6 is 11.6 Å². The Hall–Kier alpha value is -2.71. The van der Waals surface area contributed by atoms with Crippen LogP contribution in [0.2, 0.25) is 5.02 Å². The lowest BCUT2D eigenvalue weighted by Crippen LogP contribution is -2.49. The minimum Gasteiger partial charge on any atom is -0.494 e. The minimum absolute atomic E-state index is 0.0822. The SMILES string of the molecule is CCCOc1ccc(N2CCN(C[C@@H](O)c3ccc(CO)cn3)C[C@H]2c2ccc(F)cc2)c(Cl)c1. The number of hydrogen-bond donors (Lipinski definition) is 2. The molecule has 4 rings (SSSR count). The van der Waals surface area contributed by atoms with Crippen LogP contribution in [0.1, 0.15) is 42.3 Å². The van der Waals surface area contributed by atoms with Gasteiger partial charge in [0.25, 0.3) is 0 Å². The average molecular weight is 500 g/mol. The first kappa shape index (κ1) is 25.4. The van der Waals surface area contributed by atoms with Crippen molar-refractivity contribution in [3.63, 3.8) is 0 Å². The van der Waals surface area contributed by atoms with Crippen molar-refractivity contribution in [1.82, 2.24) is 9.88 Å². The molecule has 0 spiro atoms. The second-order valence-corrected chi connectivity index (χ2v) is 9.15. The molecule has 1 aliphatic rings. The molecule has 0 bridgehead atoms. The van der Waals surface area contributed by atoms with Crippen molar-refractivity contribution >= 4 is 17.3 Å². The lowest BCUT2D eigenvalue weighted by Gasteiger charge is -2.44. The molecule has 3 aromatic rings. The third-order valence-electron chi connectivity index (χ3n) is 6.22. The maximum absolute atomic E-state index is 13.7. The van der Waals surface area contributed by atoms with E-state index in [2.05, 4.69) is 21.7 Å². The normalized spacial score (nSPS) is 17.4. The van der Waals surface area contributed by atoms with Crippen LogP contribution in [0.3, 0.4) is 0 Å². The molecule has 6 nitrogen and oxygen atoms in total. The summed E-state index contributed by atoms with van der Waals surface area (Å²) in [6, 6.07) is 15.7. The zero-order valence-corrected chi connectivity index (χ0v) is 20.5. The molecule has 8 heteroatoms. The third-order valence-corrected chi connectivity index (χ3v) is 6.53. The lowest BCUT2D eigenvalue weighted by atomic mass is 10.0. The van der Waals surface area contributed by atoms with E-state index in [1.165, 1.54) is 12.1 Å². The van der Waals surface area contributed by atoms with Crippen LogP contribution in [-0.2, 0) is 6.61 Å². The molecule has 2 aromatic carbocycles. The van der Waals surface area contributed by atoms with Crippen LogP contribution in [0.5, 0.6) is 5.75 Å². The standard InChI is InChI=1S/C27H31ClFN3O3/c1-2-13-35-22-8-10-25(23(28)14-22)32-12-11-31(16-26(32)20-4-6-21(29)7-5-20)17-27(34)24-9-3-19(18-33)15-30-24/h3-10,14-15,26-27,33-34H,2,11-13,16-18H2,1H3/t26-,27+/m0/s1. The summed E-state index contributed by atoms with van der Waals surface area (Å²) in [5.41, 5.74) is 3.13. The van der Waals surface area contributed by atoms with Crippen molar-refractivity contribution in [2.75, 3.05) is 37.7 Å². The second kappa shape index (κ2) is 11.8. The third kappa shape index (κ3) is 6.30. The molecule has 1 saturated heterocycles. The summed E-state index contributed by atoms with van der Waals surface area (Å²) in [7, 11) is 0. The number of ether oxygens (including phenoxy) is 1. The number of hydrogen-bond acceptors (Lipinski definition) is 6. The monoisotopic (exact) mass is 499 g/mol. The van der Waals surface area contributed by atoms with Gasteiger partial charge in [0.05, 0.1) is 35.7 Å². The second-order valence-electron chi connectivity index (χ2n) is 8.75. The van der Waals surface area contributed by atoms with Crippen LogP contribution in [-0.4, -0.2) is 52.9 Å². The largest absolute Gasteiger partial charge is 0.494 e. The van der Waals surface area contributed by atoms with E-state index in [9.17, 15) is 14.6 Å². The van der Waals surface area contributed by atoms with Crippen LogP contribution in [0.15, 0.2) is 60.8 Å². The van der Waals surface area contributed by atoms with Gasteiger partial charge in [-0.1, -0.05) is 36.7 Å². The Balaban J connectivity index is 1.54. The van der Waals surface area contributed by atoms with Gasteiger partial charge in [0.2, 0.25) is 0 Å². The number of halogens is 2. The highest BCUT2D eigenvalue weighted by atomic mass is 35.5. The Morgan fingerprint density at radius 1 is 1.14 bits per heavy atom. The fourth-order valence-corrected chi connectivity index (χ4v) is 4.64. The van der Waals surface area contributed by atoms with Gasteiger partial charge < -0.3 is 19.8 Å². The number of piperazine rings is 1. The van der Waals surface area contributed by atoms with Gasteiger partial charge in [0.15, 0.2) is 0 Å². The Kier molecular flexibility index (Phi) is 8.57. The number of rotatable bonds is 9. The molecule has 1 aliphatic heterocycles. The molecule has 186 valence electrons. The van der Waals surface area contributed by atoms with Gasteiger partial charge in [0, 0.05) is 38.4 Å². The maximum atomic E-state index is 13.7. The summed E-state index contributed by atoms with van der Waals surface area (Å²) >= 11 is 6.68. The van der Waals surface area contributed by atoms with E-state index in [0.29, 0.717) is 49.1 Å². The molecule has 0 radical (unpaired) electrons. The number of aromatic nitrogens is 1. The quantitative estimate of drug-likeness (QED) is 0.443.